The molecule has 2 heterocycles. The van der Waals surface area contributed by atoms with Gasteiger partial charge in [0.15, 0.2) is 27.9 Å². The van der Waals surface area contributed by atoms with Crippen molar-refractivity contribution < 1.29 is 19.0 Å². The van der Waals surface area contributed by atoms with E-state index in [1.165, 1.54) is 0 Å². The van der Waals surface area contributed by atoms with Crippen LogP contribution in [0.25, 0.3) is 0 Å². The molecule has 1 aliphatic rings. The predicted molar refractivity (Wildman–Crippen MR) is 129 cm³/mol. The molecule has 4 aromatic rings. The van der Waals surface area contributed by atoms with Crippen LogP contribution in [-0.2, 0) is 19.7 Å². The first kappa shape index (κ1) is 21.9. The Morgan fingerprint density at radius 2 is 1.65 bits per heavy atom. The number of nitrogens with zero attached hydrogens (tertiary/aromatic N) is 3. The molecule has 0 spiro atoms. The lowest BCUT2D eigenvalue weighted by atomic mass is 10.1. The van der Waals surface area contributed by atoms with Crippen molar-refractivity contribution in [1.82, 2.24) is 14.3 Å². The Morgan fingerprint density at radius 1 is 0.941 bits per heavy atom. The van der Waals surface area contributed by atoms with Crippen molar-refractivity contribution in [3.8, 4) is 17.2 Å². The van der Waals surface area contributed by atoms with E-state index in [2.05, 4.69) is 5.10 Å². The molecule has 0 fully saturated rings. The normalized spacial score (nSPS) is 12.4. The Labute approximate surface area is 202 Å². The molecule has 1 aromatic heterocycles. The van der Waals surface area contributed by atoms with Crippen LogP contribution in [0.3, 0.4) is 0 Å². The van der Waals surface area contributed by atoms with E-state index in [-0.39, 0.29) is 18.9 Å². The number of rotatable bonds is 8. The zero-order chi connectivity index (χ0) is 23.3. The van der Waals surface area contributed by atoms with Crippen molar-refractivity contribution in [2.24, 2.45) is 0 Å². The van der Waals surface area contributed by atoms with Crippen LogP contribution >= 0.6 is 12.2 Å². The number of para-hydroxylation sites is 1. The molecule has 0 radical (unpaired) electrons. The molecule has 172 valence electrons. The average Bonchev–Trinajstić information content (AvgIpc) is 3.17. The van der Waals surface area contributed by atoms with Crippen LogP contribution in [0.2, 0.25) is 0 Å². The third-order valence-electron chi connectivity index (χ3n) is 5.45. The van der Waals surface area contributed by atoms with Gasteiger partial charge >= 0.3 is 0 Å². The van der Waals surface area contributed by atoms with Crippen molar-refractivity contribution in [2.45, 2.75) is 19.7 Å². The highest BCUT2D eigenvalue weighted by molar-refractivity contribution is 7.71. The van der Waals surface area contributed by atoms with E-state index >= 15 is 0 Å². The zero-order valence-corrected chi connectivity index (χ0v) is 19.2. The average molecular weight is 474 g/mol. The molecule has 0 N–H and O–H groups in total. The molecule has 0 saturated carbocycles. The number of aromatic nitrogens is 3. The fraction of sp³-hybridized carbons (Fsp3) is 0.192. The topological polar surface area (TPSA) is 67.5 Å². The lowest BCUT2D eigenvalue weighted by molar-refractivity contribution is 0.0965. The second kappa shape index (κ2) is 9.93. The van der Waals surface area contributed by atoms with Gasteiger partial charge in [0.05, 0.1) is 6.54 Å². The Morgan fingerprint density at radius 3 is 2.41 bits per heavy atom. The van der Waals surface area contributed by atoms with Gasteiger partial charge in [-0.2, -0.15) is 5.10 Å². The quantitative estimate of drug-likeness (QED) is 0.273. The number of benzene rings is 3. The van der Waals surface area contributed by atoms with Crippen LogP contribution < -0.4 is 14.2 Å². The van der Waals surface area contributed by atoms with E-state index < -0.39 is 0 Å². The summed E-state index contributed by atoms with van der Waals surface area (Å²) in [5.74, 6) is 2.49. The standard InChI is InChI=1S/C26H23N3O4S/c30-22(20-11-12-23-24(15-20)32-14-13-31-23)17-29-26(34)28(16-19-7-3-1-4-8-19)25(27-29)18-33-21-9-5-2-6-10-21/h1-12,15H,13-14,16-18H2. The molecule has 1 aliphatic heterocycles. The molecule has 8 heteroatoms. The van der Waals surface area contributed by atoms with Gasteiger partial charge in [0, 0.05) is 5.56 Å². The van der Waals surface area contributed by atoms with E-state index in [1.54, 1.807) is 22.9 Å². The summed E-state index contributed by atoms with van der Waals surface area (Å²) in [6, 6.07) is 24.7. The summed E-state index contributed by atoms with van der Waals surface area (Å²) in [4.78, 5) is 13.1. The maximum absolute atomic E-state index is 13.1. The van der Waals surface area contributed by atoms with Gasteiger partial charge < -0.3 is 14.2 Å². The highest BCUT2D eigenvalue weighted by Crippen LogP contribution is 2.31. The SMILES string of the molecule is O=C(Cn1nc(COc2ccccc2)n(Cc2ccccc2)c1=S)c1ccc2c(c1)OCCO2. The second-order valence-electron chi connectivity index (χ2n) is 7.81. The van der Waals surface area contributed by atoms with Crippen LogP contribution in [0.1, 0.15) is 21.7 Å². The lowest BCUT2D eigenvalue weighted by Gasteiger charge is -2.18. The number of hydrogen-bond acceptors (Lipinski definition) is 6. The maximum atomic E-state index is 13.1. The fourth-order valence-electron chi connectivity index (χ4n) is 3.73. The number of ether oxygens (including phenoxy) is 3. The highest BCUT2D eigenvalue weighted by atomic mass is 32.1. The summed E-state index contributed by atoms with van der Waals surface area (Å²) < 4.78 is 21.0. The Bertz CT molecular complexity index is 1350. The summed E-state index contributed by atoms with van der Waals surface area (Å²) in [6.45, 7) is 1.74. The minimum absolute atomic E-state index is 0.0125. The molecule has 0 bridgehead atoms. The number of carbonyl (C=O) groups excluding carboxylic acids is 1. The van der Waals surface area contributed by atoms with E-state index in [0.29, 0.717) is 47.4 Å². The Kier molecular flexibility index (Phi) is 6.40. The van der Waals surface area contributed by atoms with Crippen LogP contribution in [0.15, 0.2) is 78.9 Å². The summed E-state index contributed by atoms with van der Waals surface area (Å²) in [5.41, 5.74) is 1.60. The van der Waals surface area contributed by atoms with Crippen LogP contribution in [0, 0.1) is 4.77 Å². The second-order valence-corrected chi connectivity index (χ2v) is 8.18. The number of Topliss-reactive ketones (excluding diaryl/α,β-unsaturated/α-hetero) is 1. The maximum Gasteiger partial charge on any atom is 0.198 e. The van der Waals surface area contributed by atoms with Crippen molar-refractivity contribution in [1.29, 1.82) is 0 Å². The summed E-state index contributed by atoms with van der Waals surface area (Å²) in [5, 5.41) is 4.65. The van der Waals surface area contributed by atoms with Crippen LogP contribution in [0.5, 0.6) is 17.2 Å². The first-order valence-electron chi connectivity index (χ1n) is 11.0. The number of fused-ring (bicyclic) bond motifs is 1. The number of hydrogen-bond donors (Lipinski definition) is 0. The third-order valence-corrected chi connectivity index (χ3v) is 5.88. The molecule has 0 atom stereocenters. The van der Waals surface area contributed by atoms with Gasteiger partial charge in [0.2, 0.25) is 0 Å². The molecule has 0 aliphatic carbocycles. The van der Waals surface area contributed by atoms with Crippen molar-refractivity contribution in [3.05, 3.63) is 101 Å². The van der Waals surface area contributed by atoms with E-state index in [9.17, 15) is 4.79 Å². The minimum Gasteiger partial charge on any atom is -0.486 e. The number of carbonyl (C=O) groups is 1. The van der Waals surface area contributed by atoms with Gasteiger partial charge in [-0.3, -0.25) is 9.36 Å². The smallest absolute Gasteiger partial charge is 0.198 e. The summed E-state index contributed by atoms with van der Waals surface area (Å²) >= 11 is 5.72. The van der Waals surface area contributed by atoms with Crippen LogP contribution in [0.4, 0.5) is 0 Å². The summed E-state index contributed by atoms with van der Waals surface area (Å²) in [7, 11) is 0. The molecule has 0 amide bonds. The molecule has 34 heavy (non-hydrogen) atoms. The summed E-state index contributed by atoms with van der Waals surface area (Å²) in [6.07, 6.45) is 0. The zero-order valence-electron chi connectivity index (χ0n) is 18.4. The van der Waals surface area contributed by atoms with Gasteiger partial charge in [0.1, 0.15) is 32.1 Å². The minimum atomic E-state index is -0.118. The van der Waals surface area contributed by atoms with E-state index in [4.69, 9.17) is 26.4 Å². The molecule has 0 unspecified atom stereocenters. The predicted octanol–water partition coefficient (Wildman–Crippen LogP) is 4.70. The largest absolute Gasteiger partial charge is 0.486 e. The molecular formula is C26H23N3O4S. The first-order chi connectivity index (χ1) is 16.7. The fourth-order valence-corrected chi connectivity index (χ4v) is 4.00. The highest BCUT2D eigenvalue weighted by Gasteiger charge is 2.18. The Hall–Kier alpha value is -3.91. The van der Waals surface area contributed by atoms with Crippen LogP contribution in [-0.4, -0.2) is 33.3 Å². The van der Waals surface area contributed by atoms with Gasteiger partial charge in [-0.25, -0.2) is 4.68 Å². The van der Waals surface area contributed by atoms with Gasteiger partial charge in [-0.05, 0) is 48.1 Å². The molecular weight excluding hydrogens is 450 g/mol. The first-order valence-corrected chi connectivity index (χ1v) is 11.4. The lowest BCUT2D eigenvalue weighted by Crippen LogP contribution is -2.17. The molecule has 7 nitrogen and oxygen atoms in total. The monoisotopic (exact) mass is 473 g/mol. The van der Waals surface area contributed by atoms with Crippen molar-refractivity contribution in [2.75, 3.05) is 13.2 Å². The number of ketones is 1. The van der Waals surface area contributed by atoms with Gasteiger partial charge in [-0.15, -0.1) is 0 Å². The van der Waals surface area contributed by atoms with Gasteiger partial charge in [-0.1, -0.05) is 48.5 Å². The Balaban J connectivity index is 1.41. The van der Waals surface area contributed by atoms with Gasteiger partial charge in [0.25, 0.3) is 0 Å². The van der Waals surface area contributed by atoms with E-state index in [0.717, 1.165) is 11.3 Å². The molecule has 5 rings (SSSR count). The van der Waals surface area contributed by atoms with E-state index in [1.807, 2.05) is 65.2 Å². The molecule has 3 aromatic carbocycles. The molecule has 0 saturated heterocycles. The van der Waals surface area contributed by atoms with Crippen molar-refractivity contribution in [3.63, 3.8) is 0 Å². The third kappa shape index (κ3) is 4.87. The van der Waals surface area contributed by atoms with Crippen molar-refractivity contribution >= 4 is 18.0 Å².